The Bertz CT molecular complexity index is 796. The van der Waals surface area contributed by atoms with E-state index in [1.54, 1.807) is 4.68 Å². The van der Waals surface area contributed by atoms with Gasteiger partial charge in [0.25, 0.3) is 0 Å². The van der Waals surface area contributed by atoms with Crippen LogP contribution in [0.4, 0.5) is 0 Å². The molecule has 154 valence electrons. The van der Waals surface area contributed by atoms with Crippen LogP contribution in [0.25, 0.3) is 0 Å². The SMILES string of the molecule is O=C(C1CCN(C(=O)C(Cc2ccccc2)n2cnnn2)CC1)N1CCCCC1. The number of rotatable bonds is 5. The maximum atomic E-state index is 13.3. The standard InChI is InChI=1S/C21H28N6O2/c28-20(25-11-5-2-6-12-25)18-9-13-26(14-10-18)21(29)19(27-16-22-23-24-27)15-17-7-3-1-4-8-17/h1,3-4,7-8,16,18-19H,2,5-6,9-15H2. The molecule has 2 fully saturated rings. The monoisotopic (exact) mass is 396 g/mol. The molecule has 0 aliphatic carbocycles. The third-order valence-electron chi connectivity index (χ3n) is 6.06. The van der Waals surface area contributed by atoms with E-state index in [9.17, 15) is 9.59 Å². The van der Waals surface area contributed by atoms with Gasteiger partial charge in [-0.2, -0.15) is 0 Å². The number of carbonyl (C=O) groups excluding carboxylic acids is 2. The Labute approximate surface area is 170 Å². The van der Waals surface area contributed by atoms with Crippen LogP contribution in [0.5, 0.6) is 0 Å². The number of amides is 2. The van der Waals surface area contributed by atoms with E-state index in [0.29, 0.717) is 19.5 Å². The lowest BCUT2D eigenvalue weighted by atomic mass is 9.93. The summed E-state index contributed by atoms with van der Waals surface area (Å²) in [5.41, 5.74) is 1.07. The topological polar surface area (TPSA) is 84.2 Å². The number of nitrogens with zero attached hydrogens (tertiary/aromatic N) is 6. The maximum Gasteiger partial charge on any atom is 0.247 e. The van der Waals surface area contributed by atoms with Crippen molar-refractivity contribution in [2.75, 3.05) is 26.2 Å². The van der Waals surface area contributed by atoms with E-state index < -0.39 is 6.04 Å². The third-order valence-corrected chi connectivity index (χ3v) is 6.06. The van der Waals surface area contributed by atoms with Crippen molar-refractivity contribution < 1.29 is 9.59 Å². The Morgan fingerprint density at radius 2 is 1.69 bits per heavy atom. The summed E-state index contributed by atoms with van der Waals surface area (Å²) in [5.74, 6) is 0.334. The van der Waals surface area contributed by atoms with Crippen molar-refractivity contribution in [3.05, 3.63) is 42.2 Å². The highest BCUT2D eigenvalue weighted by atomic mass is 16.2. The zero-order chi connectivity index (χ0) is 20.1. The van der Waals surface area contributed by atoms with Gasteiger partial charge in [-0.15, -0.1) is 5.10 Å². The van der Waals surface area contributed by atoms with Gasteiger partial charge in [0, 0.05) is 38.5 Å². The van der Waals surface area contributed by atoms with Crippen molar-refractivity contribution >= 4 is 11.8 Å². The van der Waals surface area contributed by atoms with Crippen molar-refractivity contribution in [2.24, 2.45) is 5.92 Å². The summed E-state index contributed by atoms with van der Waals surface area (Å²) in [6, 6.07) is 9.44. The Morgan fingerprint density at radius 3 is 2.34 bits per heavy atom. The molecule has 2 amide bonds. The lowest BCUT2D eigenvalue weighted by molar-refractivity contribution is -0.143. The fraction of sp³-hybridized carbons (Fsp3) is 0.571. The average Bonchev–Trinajstić information content (AvgIpc) is 3.32. The largest absolute Gasteiger partial charge is 0.342 e. The molecular weight excluding hydrogens is 368 g/mol. The van der Waals surface area contributed by atoms with Gasteiger partial charge < -0.3 is 9.80 Å². The van der Waals surface area contributed by atoms with E-state index in [2.05, 4.69) is 15.5 Å². The van der Waals surface area contributed by atoms with Crippen LogP contribution in [-0.2, 0) is 16.0 Å². The first-order chi connectivity index (χ1) is 14.2. The zero-order valence-electron chi connectivity index (χ0n) is 16.7. The van der Waals surface area contributed by atoms with Crippen molar-refractivity contribution in [2.45, 2.75) is 44.6 Å². The molecule has 4 rings (SSSR count). The summed E-state index contributed by atoms with van der Waals surface area (Å²) in [6.45, 7) is 2.99. The number of aromatic nitrogens is 4. The van der Waals surface area contributed by atoms with Crippen molar-refractivity contribution in [1.82, 2.24) is 30.0 Å². The minimum Gasteiger partial charge on any atom is -0.342 e. The minimum atomic E-state index is -0.471. The Balaban J connectivity index is 1.39. The first-order valence-corrected chi connectivity index (χ1v) is 10.6. The molecule has 3 heterocycles. The molecular formula is C21H28N6O2. The summed E-state index contributed by atoms with van der Waals surface area (Å²) in [4.78, 5) is 30.0. The highest BCUT2D eigenvalue weighted by molar-refractivity contribution is 5.82. The number of piperidine rings is 2. The quantitative estimate of drug-likeness (QED) is 0.768. The van der Waals surface area contributed by atoms with Gasteiger partial charge >= 0.3 is 0 Å². The Hall–Kier alpha value is -2.77. The number of carbonyl (C=O) groups is 2. The number of tetrazole rings is 1. The molecule has 0 bridgehead atoms. The molecule has 1 unspecified atom stereocenters. The van der Waals surface area contributed by atoms with Crippen molar-refractivity contribution in [1.29, 1.82) is 0 Å². The lowest BCUT2D eigenvalue weighted by Crippen LogP contribution is -2.47. The van der Waals surface area contributed by atoms with Crippen molar-refractivity contribution in [3.63, 3.8) is 0 Å². The molecule has 2 aliphatic rings. The van der Waals surface area contributed by atoms with Gasteiger partial charge in [0.15, 0.2) is 0 Å². The molecule has 2 aliphatic heterocycles. The average molecular weight is 396 g/mol. The van der Waals surface area contributed by atoms with E-state index in [0.717, 1.165) is 44.3 Å². The van der Waals surface area contributed by atoms with Gasteiger partial charge in [0.2, 0.25) is 11.8 Å². The van der Waals surface area contributed by atoms with Gasteiger partial charge in [-0.05, 0) is 48.1 Å². The van der Waals surface area contributed by atoms with Crippen LogP contribution in [0.1, 0.15) is 43.7 Å². The second kappa shape index (κ2) is 9.15. The summed E-state index contributed by atoms with van der Waals surface area (Å²) in [5, 5.41) is 11.4. The molecule has 29 heavy (non-hydrogen) atoms. The predicted octanol–water partition coefficient (Wildman–Crippen LogP) is 1.71. The molecule has 8 nitrogen and oxygen atoms in total. The Morgan fingerprint density at radius 1 is 0.966 bits per heavy atom. The molecule has 8 heteroatoms. The molecule has 2 aromatic rings. The van der Waals surface area contributed by atoms with Gasteiger partial charge in [0.05, 0.1) is 0 Å². The van der Waals surface area contributed by atoms with Gasteiger partial charge in [-0.3, -0.25) is 9.59 Å². The van der Waals surface area contributed by atoms with E-state index in [1.807, 2.05) is 40.1 Å². The highest BCUT2D eigenvalue weighted by Gasteiger charge is 2.34. The third kappa shape index (κ3) is 4.63. The summed E-state index contributed by atoms with van der Waals surface area (Å²) in [6.07, 6.45) is 6.93. The second-order valence-electron chi connectivity index (χ2n) is 7.98. The van der Waals surface area contributed by atoms with Gasteiger partial charge in [0.1, 0.15) is 12.4 Å². The van der Waals surface area contributed by atoms with Gasteiger partial charge in [-0.25, -0.2) is 4.68 Å². The summed E-state index contributed by atoms with van der Waals surface area (Å²) >= 11 is 0. The fourth-order valence-electron chi connectivity index (χ4n) is 4.37. The lowest BCUT2D eigenvalue weighted by Gasteiger charge is -2.36. The number of likely N-dealkylation sites (tertiary alicyclic amines) is 2. The number of hydrogen-bond donors (Lipinski definition) is 0. The fourth-order valence-corrected chi connectivity index (χ4v) is 4.37. The highest BCUT2D eigenvalue weighted by Crippen LogP contribution is 2.24. The molecule has 1 aromatic heterocycles. The van der Waals surface area contributed by atoms with E-state index in [4.69, 9.17) is 0 Å². The molecule has 0 spiro atoms. The Kier molecular flexibility index (Phi) is 6.17. The van der Waals surface area contributed by atoms with Crippen molar-refractivity contribution in [3.8, 4) is 0 Å². The maximum absolute atomic E-state index is 13.3. The van der Waals surface area contributed by atoms with Crippen LogP contribution in [-0.4, -0.2) is 68.0 Å². The summed E-state index contributed by atoms with van der Waals surface area (Å²) in [7, 11) is 0. The number of hydrogen-bond acceptors (Lipinski definition) is 5. The van der Waals surface area contributed by atoms with Crippen LogP contribution >= 0.6 is 0 Å². The first-order valence-electron chi connectivity index (χ1n) is 10.6. The zero-order valence-corrected chi connectivity index (χ0v) is 16.7. The van der Waals surface area contributed by atoms with E-state index in [1.165, 1.54) is 12.7 Å². The van der Waals surface area contributed by atoms with Crippen LogP contribution in [0, 0.1) is 5.92 Å². The minimum absolute atomic E-state index is 0.0185. The second-order valence-corrected chi connectivity index (χ2v) is 7.98. The van der Waals surface area contributed by atoms with Crippen LogP contribution in [0.2, 0.25) is 0 Å². The van der Waals surface area contributed by atoms with E-state index in [-0.39, 0.29) is 17.7 Å². The van der Waals surface area contributed by atoms with Crippen LogP contribution in [0.3, 0.4) is 0 Å². The van der Waals surface area contributed by atoms with Crippen LogP contribution < -0.4 is 0 Å². The molecule has 0 N–H and O–H groups in total. The predicted molar refractivity (Wildman–Crippen MR) is 107 cm³/mol. The van der Waals surface area contributed by atoms with E-state index >= 15 is 0 Å². The van der Waals surface area contributed by atoms with Crippen LogP contribution in [0.15, 0.2) is 36.7 Å². The smallest absolute Gasteiger partial charge is 0.247 e. The number of benzene rings is 1. The molecule has 1 aromatic carbocycles. The normalized spacial score (nSPS) is 19.2. The molecule has 0 saturated carbocycles. The molecule has 0 radical (unpaired) electrons. The first kappa shape index (κ1) is 19.5. The molecule has 1 atom stereocenters. The van der Waals surface area contributed by atoms with Gasteiger partial charge in [-0.1, -0.05) is 30.3 Å². The molecule has 2 saturated heterocycles. The summed E-state index contributed by atoms with van der Waals surface area (Å²) < 4.78 is 1.54.